The van der Waals surface area contributed by atoms with Gasteiger partial charge in [0, 0.05) is 0 Å². The van der Waals surface area contributed by atoms with Gasteiger partial charge < -0.3 is 0 Å². The quantitative estimate of drug-likeness (QED) is 0.212. The third-order valence-corrected chi connectivity index (χ3v) is 9.10. The standard InChI is InChI=1S/C40H42/c1-5-13-35(14-6-1)39(36-15-7-2-8-16-36)29-31-21-25-33(26-22-31)34-27-23-32(24-28-34)30-40(37-17-9-3-10-18-37)38-19-11-4-12-20-38/h1,3,5-6,9-10,13-14,17-18,21-30,36,38H,2,4,7-8,11-12,15-16,19-20H2/b39-29+,40-30+. The number of hydrogen-bond donors (Lipinski definition) is 0. The molecule has 6 rings (SSSR count). The molecule has 2 aliphatic rings. The van der Waals surface area contributed by atoms with Gasteiger partial charge in [-0.15, -0.1) is 0 Å². The van der Waals surface area contributed by atoms with Gasteiger partial charge in [0.05, 0.1) is 0 Å². The van der Waals surface area contributed by atoms with Gasteiger partial charge >= 0.3 is 0 Å². The average molecular weight is 523 g/mol. The van der Waals surface area contributed by atoms with Crippen LogP contribution in [0.5, 0.6) is 0 Å². The number of allylic oxidation sites excluding steroid dienone is 2. The van der Waals surface area contributed by atoms with Crippen LogP contribution in [-0.2, 0) is 0 Å². The Balaban J connectivity index is 1.23. The summed E-state index contributed by atoms with van der Waals surface area (Å²) in [5, 5.41) is 0. The smallest absolute Gasteiger partial charge is 0.0156 e. The first kappa shape index (κ1) is 26.6. The summed E-state index contributed by atoms with van der Waals surface area (Å²) >= 11 is 0. The van der Waals surface area contributed by atoms with Gasteiger partial charge in [0.1, 0.15) is 0 Å². The Bertz CT molecular complexity index is 1280. The summed E-state index contributed by atoms with van der Waals surface area (Å²) in [5.74, 6) is 1.34. The molecule has 0 spiro atoms. The van der Waals surface area contributed by atoms with E-state index >= 15 is 0 Å². The molecule has 4 aromatic carbocycles. The third-order valence-electron chi connectivity index (χ3n) is 9.10. The zero-order valence-corrected chi connectivity index (χ0v) is 23.8. The Morgan fingerprint density at radius 2 is 0.750 bits per heavy atom. The highest BCUT2D eigenvalue weighted by Gasteiger charge is 2.20. The van der Waals surface area contributed by atoms with Crippen LogP contribution in [0.1, 0.15) is 86.5 Å². The molecule has 0 radical (unpaired) electrons. The predicted molar refractivity (Wildman–Crippen MR) is 174 cm³/mol. The van der Waals surface area contributed by atoms with Crippen molar-refractivity contribution in [2.24, 2.45) is 11.8 Å². The maximum atomic E-state index is 2.44. The fraction of sp³-hybridized carbons (Fsp3) is 0.300. The lowest BCUT2D eigenvalue weighted by Gasteiger charge is -2.25. The van der Waals surface area contributed by atoms with Gasteiger partial charge in [0.25, 0.3) is 0 Å². The molecule has 0 unspecified atom stereocenters. The molecule has 40 heavy (non-hydrogen) atoms. The molecule has 0 aromatic heterocycles. The van der Waals surface area contributed by atoms with Crippen LogP contribution >= 0.6 is 0 Å². The molecular weight excluding hydrogens is 480 g/mol. The highest BCUT2D eigenvalue weighted by molar-refractivity contribution is 5.84. The first-order chi connectivity index (χ1) is 19.8. The minimum Gasteiger partial charge on any atom is -0.0622 e. The van der Waals surface area contributed by atoms with Gasteiger partial charge in [-0.1, -0.05) is 160 Å². The maximum absolute atomic E-state index is 2.44. The van der Waals surface area contributed by atoms with Crippen molar-refractivity contribution in [2.45, 2.75) is 64.2 Å². The fourth-order valence-electron chi connectivity index (χ4n) is 6.86. The van der Waals surface area contributed by atoms with Crippen molar-refractivity contribution in [3.8, 4) is 11.1 Å². The third kappa shape index (κ3) is 6.56. The van der Waals surface area contributed by atoms with Crippen LogP contribution in [0.4, 0.5) is 0 Å². The molecule has 0 N–H and O–H groups in total. The van der Waals surface area contributed by atoms with Gasteiger partial charge in [-0.05, 0) is 82.0 Å². The molecule has 4 aromatic rings. The number of benzene rings is 4. The average Bonchev–Trinajstić information content (AvgIpc) is 3.05. The molecule has 0 bridgehead atoms. The summed E-state index contributed by atoms with van der Waals surface area (Å²) in [6.45, 7) is 0. The van der Waals surface area contributed by atoms with Gasteiger partial charge in [-0.25, -0.2) is 0 Å². The fourth-order valence-corrected chi connectivity index (χ4v) is 6.86. The molecule has 0 amide bonds. The van der Waals surface area contributed by atoms with E-state index in [4.69, 9.17) is 0 Å². The summed E-state index contributed by atoms with van der Waals surface area (Å²) in [5.41, 5.74) is 10.9. The van der Waals surface area contributed by atoms with Crippen molar-refractivity contribution in [3.05, 3.63) is 131 Å². The van der Waals surface area contributed by atoms with E-state index in [9.17, 15) is 0 Å². The van der Waals surface area contributed by atoms with Crippen LogP contribution in [0.25, 0.3) is 34.4 Å². The monoisotopic (exact) mass is 522 g/mol. The molecule has 0 heteroatoms. The number of rotatable bonds is 7. The van der Waals surface area contributed by atoms with E-state index in [0.29, 0.717) is 11.8 Å². The topological polar surface area (TPSA) is 0 Å². The molecular formula is C40H42. The second kappa shape index (κ2) is 13.1. The van der Waals surface area contributed by atoms with E-state index in [2.05, 4.69) is 121 Å². The van der Waals surface area contributed by atoms with Crippen LogP contribution in [0.15, 0.2) is 109 Å². The zero-order chi connectivity index (χ0) is 27.0. The van der Waals surface area contributed by atoms with Crippen molar-refractivity contribution in [2.75, 3.05) is 0 Å². The minimum absolute atomic E-state index is 0.672. The molecule has 2 fully saturated rings. The van der Waals surface area contributed by atoms with E-state index in [0.717, 1.165) is 0 Å². The summed E-state index contributed by atoms with van der Waals surface area (Å²) < 4.78 is 0. The van der Waals surface area contributed by atoms with E-state index in [1.165, 1.54) is 109 Å². The molecule has 0 atom stereocenters. The van der Waals surface area contributed by atoms with Gasteiger partial charge in [0.15, 0.2) is 0 Å². The Morgan fingerprint density at radius 1 is 0.400 bits per heavy atom. The Morgan fingerprint density at radius 3 is 1.10 bits per heavy atom. The van der Waals surface area contributed by atoms with E-state index < -0.39 is 0 Å². The van der Waals surface area contributed by atoms with E-state index in [1.54, 1.807) is 0 Å². The number of hydrogen-bond acceptors (Lipinski definition) is 0. The first-order valence-electron chi connectivity index (χ1n) is 15.6. The molecule has 0 heterocycles. The summed E-state index contributed by atoms with van der Waals surface area (Å²) in [7, 11) is 0. The maximum Gasteiger partial charge on any atom is -0.0156 e. The van der Waals surface area contributed by atoms with Crippen LogP contribution in [0.3, 0.4) is 0 Å². The summed E-state index contributed by atoms with van der Waals surface area (Å²) in [4.78, 5) is 0. The molecule has 2 saturated carbocycles. The van der Waals surface area contributed by atoms with E-state index in [-0.39, 0.29) is 0 Å². The lowest BCUT2D eigenvalue weighted by atomic mass is 9.80. The van der Waals surface area contributed by atoms with Gasteiger partial charge in [-0.3, -0.25) is 0 Å². The van der Waals surface area contributed by atoms with Gasteiger partial charge in [0.2, 0.25) is 0 Å². The Hall–Kier alpha value is -3.64. The normalized spacial score (nSPS) is 17.6. The summed E-state index contributed by atoms with van der Waals surface area (Å²) in [6, 6.07) is 40.4. The Labute approximate surface area is 241 Å². The van der Waals surface area contributed by atoms with Crippen LogP contribution in [-0.4, -0.2) is 0 Å². The van der Waals surface area contributed by atoms with Crippen LogP contribution in [0.2, 0.25) is 0 Å². The molecule has 0 aliphatic heterocycles. The van der Waals surface area contributed by atoms with Crippen LogP contribution in [0, 0.1) is 11.8 Å². The summed E-state index contributed by atoms with van der Waals surface area (Å²) in [6.07, 6.45) is 18.3. The molecule has 2 aliphatic carbocycles. The molecule has 0 nitrogen and oxygen atoms in total. The van der Waals surface area contributed by atoms with Crippen LogP contribution < -0.4 is 0 Å². The van der Waals surface area contributed by atoms with Gasteiger partial charge in [-0.2, -0.15) is 0 Å². The van der Waals surface area contributed by atoms with E-state index in [1.807, 2.05) is 0 Å². The Kier molecular flexibility index (Phi) is 8.73. The van der Waals surface area contributed by atoms with Crippen molar-refractivity contribution < 1.29 is 0 Å². The SMILES string of the molecule is C(=C(/c1ccccc1)C1CCCCC1)/c1ccc(-c2ccc(/C=C(\c3ccccc3)C3CCCCC3)cc2)cc1. The molecule has 0 saturated heterocycles. The van der Waals surface area contributed by atoms with Crippen molar-refractivity contribution in [1.29, 1.82) is 0 Å². The van der Waals surface area contributed by atoms with Crippen molar-refractivity contribution in [3.63, 3.8) is 0 Å². The molecule has 202 valence electrons. The highest BCUT2D eigenvalue weighted by Crippen LogP contribution is 2.38. The van der Waals surface area contributed by atoms with Crippen molar-refractivity contribution in [1.82, 2.24) is 0 Å². The largest absolute Gasteiger partial charge is 0.0622 e. The van der Waals surface area contributed by atoms with Crippen molar-refractivity contribution >= 4 is 23.3 Å². The lowest BCUT2D eigenvalue weighted by Crippen LogP contribution is -2.08. The lowest BCUT2D eigenvalue weighted by molar-refractivity contribution is 0.430. The first-order valence-corrected chi connectivity index (χ1v) is 15.6. The highest BCUT2D eigenvalue weighted by atomic mass is 14.2. The minimum atomic E-state index is 0.672. The zero-order valence-electron chi connectivity index (χ0n) is 23.8. The predicted octanol–water partition coefficient (Wildman–Crippen LogP) is 11.6. The second-order valence-electron chi connectivity index (χ2n) is 11.8. The second-order valence-corrected chi connectivity index (χ2v) is 11.8.